The van der Waals surface area contributed by atoms with Gasteiger partial charge in [-0.05, 0) is 142 Å². The molecule has 9 aliphatic rings. The van der Waals surface area contributed by atoms with Crippen LogP contribution in [0.25, 0.3) is 11.1 Å². The van der Waals surface area contributed by atoms with Gasteiger partial charge in [-0.15, -0.1) is 0 Å². The monoisotopic (exact) mass is 662 g/mol. The first-order valence-electron chi connectivity index (χ1n) is 19.9. The fourth-order valence-electron chi connectivity index (χ4n) is 11.2. The van der Waals surface area contributed by atoms with Crippen LogP contribution in [0.15, 0.2) is 167 Å². The maximum absolute atomic E-state index is 2.59. The Morgan fingerprint density at radius 1 is 0.510 bits per heavy atom. The minimum absolute atomic E-state index is 0.00810. The minimum Gasteiger partial charge on any atom is -0.0842 e. The van der Waals surface area contributed by atoms with Gasteiger partial charge in [0.2, 0.25) is 0 Å². The maximum Gasteiger partial charge on any atom is 0.0158 e. The van der Waals surface area contributed by atoms with Crippen LogP contribution in [0.2, 0.25) is 0 Å². The molecule has 51 heavy (non-hydrogen) atoms. The zero-order valence-corrected chi connectivity index (χ0v) is 30.3. The van der Waals surface area contributed by atoms with Crippen LogP contribution in [0.3, 0.4) is 0 Å². The summed E-state index contributed by atoms with van der Waals surface area (Å²) in [6.45, 7) is 5.01. The zero-order chi connectivity index (χ0) is 34.1. The molecular formula is C51H50. The van der Waals surface area contributed by atoms with E-state index < -0.39 is 0 Å². The zero-order valence-electron chi connectivity index (χ0n) is 30.3. The Bertz CT molecular complexity index is 2140. The van der Waals surface area contributed by atoms with E-state index in [-0.39, 0.29) is 5.41 Å². The molecule has 6 unspecified atom stereocenters. The van der Waals surface area contributed by atoms with E-state index in [4.69, 9.17) is 0 Å². The second kappa shape index (κ2) is 12.4. The summed E-state index contributed by atoms with van der Waals surface area (Å²) in [6, 6.07) is 5.03. The molecule has 0 aliphatic heterocycles. The topological polar surface area (TPSA) is 0 Å². The van der Waals surface area contributed by atoms with Crippen LogP contribution in [0.4, 0.5) is 0 Å². The van der Waals surface area contributed by atoms with E-state index in [2.05, 4.69) is 148 Å². The summed E-state index contributed by atoms with van der Waals surface area (Å²) in [7, 11) is 0. The molecule has 0 bridgehead atoms. The molecule has 9 aliphatic carbocycles. The van der Waals surface area contributed by atoms with Gasteiger partial charge in [-0.25, -0.2) is 0 Å². The SMILES string of the molecule is CC1(C)C2=C(CC(C3C=CC=C(C4=CC=CC(C5C=CC=C(C6=CC=CCC6)C5)C4)C3)C=C2)c2ccc3c(c21)C1C=CC=CC1C1=C3CCC=C1. The van der Waals surface area contributed by atoms with Crippen molar-refractivity contribution in [2.75, 3.05) is 0 Å². The summed E-state index contributed by atoms with van der Waals surface area (Å²) in [5, 5.41) is 0. The molecule has 0 heterocycles. The van der Waals surface area contributed by atoms with Crippen LogP contribution in [0.5, 0.6) is 0 Å². The smallest absolute Gasteiger partial charge is 0.0158 e. The van der Waals surface area contributed by atoms with Gasteiger partial charge in [0, 0.05) is 17.3 Å². The number of hydrogen-bond acceptors (Lipinski definition) is 0. The normalized spacial score (nSPS) is 32.1. The predicted molar refractivity (Wildman–Crippen MR) is 216 cm³/mol. The van der Waals surface area contributed by atoms with Gasteiger partial charge in [-0.2, -0.15) is 0 Å². The van der Waals surface area contributed by atoms with Crippen LogP contribution in [0, 0.1) is 29.6 Å². The van der Waals surface area contributed by atoms with E-state index in [1.807, 2.05) is 0 Å². The first-order valence-corrected chi connectivity index (χ1v) is 19.9. The van der Waals surface area contributed by atoms with Gasteiger partial charge in [0.05, 0.1) is 0 Å². The highest BCUT2D eigenvalue weighted by molar-refractivity contribution is 5.89. The van der Waals surface area contributed by atoms with E-state index in [0.29, 0.717) is 35.5 Å². The number of rotatable bonds is 4. The molecule has 1 aromatic rings. The standard InChI is InChI=1S/C51H50/c1-51(2)48-28-25-40(32-47(48)46-27-26-45-43-23-7-6-21-41(43)42-22-8-9-24-44(42)49(45)50(46)51)39-20-12-19-38(31-39)37-18-11-17-36(30-37)35-16-10-15-34(29-35)33-13-4-3-5-14-33/h3-4,6,8-13,15-22,24-28,35-36,39-40,42,44H,5,7,14,23,29-32H2,1-2H3. The predicted octanol–water partition coefficient (Wildman–Crippen LogP) is 13.0. The fourth-order valence-corrected chi connectivity index (χ4v) is 11.2. The molecule has 10 rings (SSSR count). The molecule has 0 aromatic heterocycles. The largest absolute Gasteiger partial charge is 0.0842 e. The van der Waals surface area contributed by atoms with Crippen LogP contribution in [-0.2, 0) is 5.41 Å². The number of benzene rings is 1. The maximum atomic E-state index is 2.59. The second-order valence-corrected chi connectivity index (χ2v) is 16.9. The third-order valence-electron chi connectivity index (χ3n) is 13.8. The van der Waals surface area contributed by atoms with Crippen molar-refractivity contribution in [3.63, 3.8) is 0 Å². The Labute approximate surface area is 305 Å². The van der Waals surface area contributed by atoms with Gasteiger partial charge in [0.15, 0.2) is 0 Å². The summed E-state index contributed by atoms with van der Waals surface area (Å²) in [5.41, 5.74) is 18.8. The molecule has 0 nitrogen and oxygen atoms in total. The quantitative estimate of drug-likeness (QED) is 0.301. The molecule has 0 heteroatoms. The lowest BCUT2D eigenvalue weighted by molar-refractivity contribution is 0.449. The Morgan fingerprint density at radius 3 is 1.80 bits per heavy atom. The lowest BCUT2D eigenvalue weighted by atomic mass is 9.64. The molecule has 0 amide bonds. The third-order valence-corrected chi connectivity index (χ3v) is 13.8. The lowest BCUT2D eigenvalue weighted by Crippen LogP contribution is -2.27. The second-order valence-electron chi connectivity index (χ2n) is 16.9. The average Bonchev–Trinajstić information content (AvgIpc) is 3.43. The molecule has 0 saturated carbocycles. The van der Waals surface area contributed by atoms with Gasteiger partial charge >= 0.3 is 0 Å². The van der Waals surface area contributed by atoms with Crippen molar-refractivity contribution in [3.05, 3.63) is 189 Å². The summed E-state index contributed by atoms with van der Waals surface area (Å²) >= 11 is 0. The molecule has 6 atom stereocenters. The fraction of sp³-hybridized carbons (Fsp3) is 0.333. The van der Waals surface area contributed by atoms with Gasteiger partial charge in [0.25, 0.3) is 0 Å². The van der Waals surface area contributed by atoms with E-state index in [0.717, 1.165) is 38.5 Å². The summed E-state index contributed by atoms with van der Waals surface area (Å²) in [4.78, 5) is 0. The first-order chi connectivity index (χ1) is 25.0. The van der Waals surface area contributed by atoms with Crippen molar-refractivity contribution in [1.29, 1.82) is 0 Å². The summed E-state index contributed by atoms with van der Waals surface area (Å²) in [6.07, 6.45) is 57.3. The van der Waals surface area contributed by atoms with E-state index in [1.165, 1.54) is 29.5 Å². The van der Waals surface area contributed by atoms with Crippen molar-refractivity contribution in [3.8, 4) is 0 Å². The van der Waals surface area contributed by atoms with Gasteiger partial charge in [0.1, 0.15) is 0 Å². The van der Waals surface area contributed by atoms with Crippen molar-refractivity contribution in [2.24, 2.45) is 29.6 Å². The molecule has 0 radical (unpaired) electrons. The molecule has 0 saturated heterocycles. The Hall–Kier alpha value is -4.42. The molecule has 0 fully saturated rings. The van der Waals surface area contributed by atoms with E-state index in [9.17, 15) is 0 Å². The highest BCUT2D eigenvalue weighted by Gasteiger charge is 2.45. The highest BCUT2D eigenvalue weighted by atomic mass is 14.5. The lowest BCUT2D eigenvalue weighted by Gasteiger charge is -2.40. The summed E-state index contributed by atoms with van der Waals surface area (Å²) in [5.74, 6) is 3.06. The Kier molecular flexibility index (Phi) is 7.60. The van der Waals surface area contributed by atoms with Crippen LogP contribution >= 0.6 is 0 Å². The molecule has 254 valence electrons. The van der Waals surface area contributed by atoms with E-state index >= 15 is 0 Å². The number of allylic oxidation sites excluding steroid dienone is 28. The van der Waals surface area contributed by atoms with Gasteiger partial charge < -0.3 is 0 Å². The van der Waals surface area contributed by atoms with Crippen molar-refractivity contribution in [2.45, 2.75) is 76.5 Å². The number of fused-ring (bicyclic) bond motifs is 8. The highest BCUT2D eigenvalue weighted by Crippen LogP contribution is 2.59. The Morgan fingerprint density at radius 2 is 1.12 bits per heavy atom. The molecule has 0 spiro atoms. The summed E-state index contributed by atoms with van der Waals surface area (Å²) < 4.78 is 0. The van der Waals surface area contributed by atoms with Crippen molar-refractivity contribution in [1.82, 2.24) is 0 Å². The molecule has 1 aromatic carbocycles. The van der Waals surface area contributed by atoms with E-state index in [1.54, 1.807) is 50.1 Å². The van der Waals surface area contributed by atoms with Crippen molar-refractivity contribution >= 4 is 11.1 Å². The molecule has 0 N–H and O–H groups in total. The third kappa shape index (κ3) is 5.16. The van der Waals surface area contributed by atoms with Crippen LogP contribution < -0.4 is 0 Å². The van der Waals surface area contributed by atoms with Crippen molar-refractivity contribution < 1.29 is 0 Å². The van der Waals surface area contributed by atoms with Gasteiger partial charge in [-0.3, -0.25) is 0 Å². The molecular weight excluding hydrogens is 613 g/mol. The average molecular weight is 663 g/mol. The van der Waals surface area contributed by atoms with Crippen LogP contribution in [0.1, 0.15) is 93.4 Å². The number of hydrogen-bond donors (Lipinski definition) is 0. The van der Waals surface area contributed by atoms with Gasteiger partial charge in [-0.1, -0.05) is 148 Å². The Balaban J connectivity index is 0.883. The first kappa shape index (κ1) is 31.3. The van der Waals surface area contributed by atoms with Crippen LogP contribution in [-0.4, -0.2) is 0 Å². The minimum atomic E-state index is 0.00810.